The number of benzene rings is 1. The molecule has 1 aliphatic heterocycles. The summed E-state index contributed by atoms with van der Waals surface area (Å²) in [6, 6.07) is 12.3. The van der Waals surface area contributed by atoms with Crippen molar-refractivity contribution < 1.29 is 14.3 Å². The highest BCUT2D eigenvalue weighted by atomic mass is 32.1. The first-order valence-corrected chi connectivity index (χ1v) is 11.8. The molecule has 0 N–H and O–H groups in total. The Kier molecular flexibility index (Phi) is 7.23. The molecule has 4 rings (SSSR count). The van der Waals surface area contributed by atoms with E-state index < -0.39 is 0 Å². The average Bonchev–Trinajstić information content (AvgIpc) is 3.47. The van der Waals surface area contributed by atoms with Crippen molar-refractivity contribution >= 4 is 17.2 Å². The van der Waals surface area contributed by atoms with E-state index in [4.69, 9.17) is 9.47 Å². The number of ether oxygens (including phenoxy) is 2. The molecule has 29 heavy (non-hydrogen) atoms. The van der Waals surface area contributed by atoms with Gasteiger partial charge in [-0.15, -0.1) is 11.3 Å². The van der Waals surface area contributed by atoms with Crippen LogP contribution in [0.3, 0.4) is 0 Å². The van der Waals surface area contributed by atoms with Crippen molar-refractivity contribution in [2.45, 2.75) is 64.2 Å². The van der Waals surface area contributed by atoms with E-state index in [1.807, 2.05) is 23.1 Å². The second-order valence-corrected chi connectivity index (χ2v) is 9.23. The molecule has 1 aromatic carbocycles. The summed E-state index contributed by atoms with van der Waals surface area (Å²) in [5.74, 6) is 1.38. The van der Waals surface area contributed by atoms with E-state index in [0.717, 1.165) is 43.6 Å². The van der Waals surface area contributed by atoms with Gasteiger partial charge in [0.2, 0.25) is 5.91 Å². The molecule has 0 radical (unpaired) electrons. The minimum absolute atomic E-state index is 0.191. The van der Waals surface area contributed by atoms with Gasteiger partial charge >= 0.3 is 0 Å². The van der Waals surface area contributed by atoms with Gasteiger partial charge in [-0.05, 0) is 54.8 Å². The van der Waals surface area contributed by atoms with Gasteiger partial charge < -0.3 is 14.4 Å². The molecule has 2 aromatic rings. The normalized spacial score (nSPS) is 19.9. The molecule has 1 saturated heterocycles. The molecule has 1 aliphatic carbocycles. The van der Waals surface area contributed by atoms with Crippen molar-refractivity contribution in [3.63, 3.8) is 0 Å². The molecule has 1 unspecified atom stereocenters. The van der Waals surface area contributed by atoms with Crippen LogP contribution >= 0.6 is 11.3 Å². The van der Waals surface area contributed by atoms with Gasteiger partial charge in [-0.2, -0.15) is 0 Å². The smallest absolute Gasteiger partial charge is 0.226 e. The SMILES string of the molecule is O=C(C1CCCCC1)N(Cc1ccc(OCc2cccs2)cc1)CC1CCCO1. The van der Waals surface area contributed by atoms with E-state index in [9.17, 15) is 4.79 Å². The molecule has 0 spiro atoms. The van der Waals surface area contributed by atoms with Gasteiger partial charge in [0.15, 0.2) is 0 Å². The minimum Gasteiger partial charge on any atom is -0.488 e. The van der Waals surface area contributed by atoms with Gasteiger partial charge in [-0.3, -0.25) is 4.79 Å². The van der Waals surface area contributed by atoms with Crippen LogP contribution in [0.5, 0.6) is 5.75 Å². The lowest BCUT2D eigenvalue weighted by molar-refractivity contribution is -0.138. The molecule has 4 nitrogen and oxygen atoms in total. The number of thiophene rings is 1. The highest BCUT2D eigenvalue weighted by molar-refractivity contribution is 7.09. The van der Waals surface area contributed by atoms with E-state index in [2.05, 4.69) is 23.6 Å². The Morgan fingerprint density at radius 1 is 1.07 bits per heavy atom. The molecule has 1 atom stereocenters. The number of amides is 1. The van der Waals surface area contributed by atoms with Crippen LogP contribution < -0.4 is 4.74 Å². The van der Waals surface area contributed by atoms with Gasteiger partial charge in [-0.1, -0.05) is 37.5 Å². The molecule has 5 heteroatoms. The first kappa shape index (κ1) is 20.4. The zero-order valence-electron chi connectivity index (χ0n) is 17.1. The Morgan fingerprint density at radius 2 is 1.90 bits per heavy atom. The third-order valence-corrected chi connectivity index (χ3v) is 6.82. The van der Waals surface area contributed by atoms with Crippen LogP contribution in [0, 0.1) is 5.92 Å². The van der Waals surface area contributed by atoms with Crippen molar-refractivity contribution in [2.75, 3.05) is 13.2 Å². The van der Waals surface area contributed by atoms with Crippen molar-refractivity contribution in [3.05, 3.63) is 52.2 Å². The highest BCUT2D eigenvalue weighted by Gasteiger charge is 2.29. The van der Waals surface area contributed by atoms with Crippen molar-refractivity contribution in [1.82, 2.24) is 4.90 Å². The fourth-order valence-corrected chi connectivity index (χ4v) is 4.95. The average molecular weight is 414 g/mol. The van der Waals surface area contributed by atoms with Gasteiger partial charge in [0, 0.05) is 30.5 Å². The van der Waals surface area contributed by atoms with Crippen LogP contribution in [0.15, 0.2) is 41.8 Å². The Bertz CT molecular complexity index is 747. The predicted molar refractivity (Wildman–Crippen MR) is 116 cm³/mol. The van der Waals surface area contributed by atoms with Gasteiger partial charge in [0.25, 0.3) is 0 Å². The summed E-state index contributed by atoms with van der Waals surface area (Å²) in [5, 5.41) is 2.06. The van der Waals surface area contributed by atoms with Crippen LogP contribution in [-0.2, 0) is 22.7 Å². The number of carbonyl (C=O) groups excluding carboxylic acids is 1. The Balaban J connectivity index is 1.38. The topological polar surface area (TPSA) is 38.8 Å². The molecule has 1 amide bonds. The molecular formula is C24H31NO3S. The lowest BCUT2D eigenvalue weighted by Gasteiger charge is -2.31. The summed E-state index contributed by atoms with van der Waals surface area (Å²) >= 11 is 1.70. The van der Waals surface area contributed by atoms with Crippen LogP contribution in [0.4, 0.5) is 0 Å². The van der Waals surface area contributed by atoms with E-state index in [-0.39, 0.29) is 12.0 Å². The minimum atomic E-state index is 0.191. The summed E-state index contributed by atoms with van der Waals surface area (Å²) in [5.41, 5.74) is 1.15. The molecule has 2 heterocycles. The molecular weight excluding hydrogens is 382 g/mol. The number of carbonyl (C=O) groups is 1. The Labute approximate surface area is 177 Å². The third-order valence-electron chi connectivity index (χ3n) is 5.97. The number of hydrogen-bond donors (Lipinski definition) is 0. The molecule has 156 valence electrons. The van der Waals surface area contributed by atoms with Crippen LogP contribution in [0.2, 0.25) is 0 Å². The first-order chi connectivity index (χ1) is 14.3. The van der Waals surface area contributed by atoms with E-state index in [1.165, 1.54) is 24.1 Å². The quantitative estimate of drug-likeness (QED) is 0.580. The fourth-order valence-electron chi connectivity index (χ4n) is 4.33. The third kappa shape index (κ3) is 5.83. The molecule has 1 saturated carbocycles. The lowest BCUT2D eigenvalue weighted by atomic mass is 9.88. The zero-order valence-corrected chi connectivity index (χ0v) is 17.9. The Morgan fingerprint density at radius 3 is 2.59 bits per heavy atom. The highest BCUT2D eigenvalue weighted by Crippen LogP contribution is 2.27. The van der Waals surface area contributed by atoms with Gasteiger partial charge in [0.05, 0.1) is 6.10 Å². The van der Waals surface area contributed by atoms with Crippen molar-refractivity contribution in [2.24, 2.45) is 5.92 Å². The fraction of sp³-hybridized carbons (Fsp3) is 0.542. The van der Waals surface area contributed by atoms with Crippen LogP contribution in [0.1, 0.15) is 55.4 Å². The van der Waals surface area contributed by atoms with Gasteiger partial charge in [-0.25, -0.2) is 0 Å². The van der Waals surface area contributed by atoms with E-state index in [0.29, 0.717) is 25.6 Å². The van der Waals surface area contributed by atoms with Crippen LogP contribution in [-0.4, -0.2) is 30.1 Å². The van der Waals surface area contributed by atoms with E-state index in [1.54, 1.807) is 11.3 Å². The second-order valence-electron chi connectivity index (χ2n) is 8.20. The maximum atomic E-state index is 13.2. The largest absolute Gasteiger partial charge is 0.488 e. The summed E-state index contributed by atoms with van der Waals surface area (Å²) in [6.45, 7) is 2.79. The monoisotopic (exact) mass is 413 g/mol. The number of hydrogen-bond acceptors (Lipinski definition) is 4. The zero-order chi connectivity index (χ0) is 19.9. The van der Waals surface area contributed by atoms with Crippen LogP contribution in [0.25, 0.3) is 0 Å². The number of rotatable bonds is 8. The molecule has 0 bridgehead atoms. The summed E-state index contributed by atoms with van der Waals surface area (Å²) in [7, 11) is 0. The Hall–Kier alpha value is -1.85. The molecule has 2 aliphatic rings. The van der Waals surface area contributed by atoms with Crippen molar-refractivity contribution in [3.8, 4) is 5.75 Å². The van der Waals surface area contributed by atoms with Crippen molar-refractivity contribution in [1.29, 1.82) is 0 Å². The summed E-state index contributed by atoms with van der Waals surface area (Å²) in [6.07, 6.45) is 8.06. The molecule has 2 fully saturated rings. The first-order valence-electron chi connectivity index (χ1n) is 10.9. The predicted octanol–water partition coefficient (Wildman–Crippen LogP) is 5.42. The maximum Gasteiger partial charge on any atom is 0.226 e. The van der Waals surface area contributed by atoms with Gasteiger partial charge in [0.1, 0.15) is 12.4 Å². The second kappa shape index (κ2) is 10.3. The van der Waals surface area contributed by atoms with E-state index >= 15 is 0 Å². The maximum absolute atomic E-state index is 13.2. The summed E-state index contributed by atoms with van der Waals surface area (Å²) < 4.78 is 11.7. The summed E-state index contributed by atoms with van der Waals surface area (Å²) in [4.78, 5) is 16.5. The standard InChI is InChI=1S/C24H31NO3S/c26-24(20-6-2-1-3-7-20)25(17-22-8-4-14-27-22)16-19-10-12-21(13-11-19)28-18-23-9-5-15-29-23/h5,9-13,15,20,22H,1-4,6-8,14,16-18H2. The number of nitrogens with zero attached hydrogens (tertiary/aromatic N) is 1. The lowest BCUT2D eigenvalue weighted by Crippen LogP contribution is -2.41. The molecule has 1 aromatic heterocycles.